The van der Waals surface area contributed by atoms with Crippen LogP contribution in [-0.2, 0) is 6.54 Å². The lowest BCUT2D eigenvalue weighted by Crippen LogP contribution is -2.23. The minimum atomic E-state index is -0.260. The smallest absolute Gasteiger partial charge is 0.260 e. The number of nitrogens with one attached hydrogen (secondary N) is 1. The highest BCUT2D eigenvalue weighted by molar-refractivity contribution is 5.98. The van der Waals surface area contributed by atoms with E-state index < -0.39 is 0 Å². The number of hydrazone groups is 1. The molecular formula is C20H20N6O. The van der Waals surface area contributed by atoms with Crippen molar-refractivity contribution >= 4 is 28.3 Å². The number of nitrogen functional groups attached to an aromatic ring is 1. The Hall–Kier alpha value is -3.79. The maximum atomic E-state index is 12.1. The molecule has 0 aliphatic heterocycles. The lowest BCUT2D eigenvalue weighted by Gasteiger charge is -2.23. The van der Waals surface area contributed by atoms with Crippen LogP contribution in [0.3, 0.4) is 0 Å². The molecule has 0 spiro atoms. The van der Waals surface area contributed by atoms with Crippen LogP contribution in [0.15, 0.2) is 52.4 Å². The molecule has 27 heavy (non-hydrogen) atoms. The van der Waals surface area contributed by atoms with Crippen LogP contribution >= 0.6 is 0 Å². The first-order valence-electron chi connectivity index (χ1n) is 8.33. The zero-order valence-corrected chi connectivity index (χ0v) is 14.9. The summed E-state index contributed by atoms with van der Waals surface area (Å²) < 4.78 is 0. The van der Waals surface area contributed by atoms with Gasteiger partial charge in [-0.2, -0.15) is 5.10 Å². The standard InChI is InChI=1S/C20H20N6O/c1-3-10-26(16-7-5-15(6-8-16)13(2)25-22)12-14-4-9-18-17(11-14)19(27)24-20(21)23-18/h1,4-9,11H,10,12,22H2,2H3,(H3,21,23,24,27)/b25-13+. The molecule has 0 aliphatic carbocycles. The van der Waals surface area contributed by atoms with Gasteiger partial charge in [0.25, 0.3) is 5.56 Å². The highest BCUT2D eigenvalue weighted by Gasteiger charge is 2.09. The maximum Gasteiger partial charge on any atom is 0.260 e. The van der Waals surface area contributed by atoms with Crippen molar-refractivity contribution < 1.29 is 0 Å². The molecule has 7 heteroatoms. The van der Waals surface area contributed by atoms with Crippen LogP contribution < -0.4 is 22.0 Å². The van der Waals surface area contributed by atoms with E-state index in [2.05, 4.69) is 21.0 Å². The van der Waals surface area contributed by atoms with Crippen molar-refractivity contribution in [2.45, 2.75) is 13.5 Å². The Kier molecular flexibility index (Phi) is 5.08. The summed E-state index contributed by atoms with van der Waals surface area (Å²) in [6.45, 7) is 2.83. The highest BCUT2D eigenvalue weighted by atomic mass is 16.1. The summed E-state index contributed by atoms with van der Waals surface area (Å²) in [6.07, 6.45) is 5.55. The number of nitrogens with zero attached hydrogens (tertiary/aromatic N) is 3. The van der Waals surface area contributed by atoms with Crippen molar-refractivity contribution in [1.82, 2.24) is 9.97 Å². The Morgan fingerprint density at radius 1 is 1.30 bits per heavy atom. The average Bonchev–Trinajstić information content (AvgIpc) is 2.67. The summed E-state index contributed by atoms with van der Waals surface area (Å²) in [4.78, 5) is 20.8. The Morgan fingerprint density at radius 2 is 2.04 bits per heavy atom. The van der Waals surface area contributed by atoms with Gasteiger partial charge in [0.05, 0.1) is 23.2 Å². The SMILES string of the molecule is C#CCN(Cc1ccc2nc(N)[nH]c(=O)c2c1)c1ccc(/C(C)=N/N)cc1. The number of H-pyrrole nitrogens is 1. The molecule has 0 bridgehead atoms. The Labute approximate surface area is 156 Å². The summed E-state index contributed by atoms with van der Waals surface area (Å²) in [6, 6.07) is 13.3. The molecule has 0 radical (unpaired) electrons. The molecule has 0 saturated heterocycles. The van der Waals surface area contributed by atoms with Crippen LogP contribution in [0.2, 0.25) is 0 Å². The quantitative estimate of drug-likeness (QED) is 0.278. The van der Waals surface area contributed by atoms with Gasteiger partial charge in [0.2, 0.25) is 5.95 Å². The van der Waals surface area contributed by atoms with Gasteiger partial charge in [-0.1, -0.05) is 24.1 Å². The van der Waals surface area contributed by atoms with E-state index >= 15 is 0 Å². The fourth-order valence-electron chi connectivity index (χ4n) is 2.86. The van der Waals surface area contributed by atoms with Crippen molar-refractivity contribution in [2.24, 2.45) is 10.9 Å². The molecule has 0 aliphatic rings. The molecule has 0 amide bonds. The van der Waals surface area contributed by atoms with E-state index in [0.29, 0.717) is 24.0 Å². The molecule has 0 saturated carbocycles. The lowest BCUT2D eigenvalue weighted by molar-refractivity contribution is 0.879. The van der Waals surface area contributed by atoms with Gasteiger partial charge >= 0.3 is 0 Å². The highest BCUT2D eigenvalue weighted by Crippen LogP contribution is 2.20. The number of aromatic amines is 1. The second-order valence-corrected chi connectivity index (χ2v) is 6.12. The summed E-state index contributed by atoms with van der Waals surface area (Å²) in [5, 5.41) is 4.20. The van der Waals surface area contributed by atoms with Gasteiger partial charge < -0.3 is 16.5 Å². The molecule has 2 aromatic carbocycles. The summed E-state index contributed by atoms with van der Waals surface area (Å²) in [7, 11) is 0. The second-order valence-electron chi connectivity index (χ2n) is 6.12. The van der Waals surface area contributed by atoms with Crippen LogP contribution in [0.4, 0.5) is 11.6 Å². The first kappa shape index (κ1) is 18.0. The van der Waals surface area contributed by atoms with Crippen LogP contribution in [0.1, 0.15) is 18.1 Å². The van der Waals surface area contributed by atoms with Crippen LogP contribution in [0, 0.1) is 12.3 Å². The number of fused-ring (bicyclic) bond motifs is 1. The number of nitrogens with two attached hydrogens (primary N) is 2. The largest absolute Gasteiger partial charge is 0.369 e. The molecule has 0 fully saturated rings. The number of terminal acetylenes is 1. The zero-order valence-electron chi connectivity index (χ0n) is 14.9. The van der Waals surface area contributed by atoms with Gasteiger partial charge in [0.1, 0.15) is 0 Å². The first-order chi connectivity index (χ1) is 13.0. The van der Waals surface area contributed by atoms with E-state index in [9.17, 15) is 4.79 Å². The number of hydrogen-bond acceptors (Lipinski definition) is 6. The van der Waals surface area contributed by atoms with Crippen molar-refractivity contribution in [1.29, 1.82) is 0 Å². The Balaban J connectivity index is 1.91. The minimum Gasteiger partial charge on any atom is -0.369 e. The number of aromatic nitrogens is 2. The van der Waals surface area contributed by atoms with E-state index in [1.54, 1.807) is 6.07 Å². The van der Waals surface area contributed by atoms with Crippen LogP contribution in [0.5, 0.6) is 0 Å². The molecule has 136 valence electrons. The molecule has 0 unspecified atom stereocenters. The lowest BCUT2D eigenvalue weighted by atomic mass is 10.1. The van der Waals surface area contributed by atoms with Gasteiger partial charge in [-0.15, -0.1) is 6.42 Å². The van der Waals surface area contributed by atoms with Crippen molar-refractivity contribution in [3.05, 3.63) is 63.9 Å². The summed E-state index contributed by atoms with van der Waals surface area (Å²) in [5.41, 5.74) is 9.50. The van der Waals surface area contributed by atoms with Gasteiger partial charge in [-0.25, -0.2) is 4.98 Å². The summed E-state index contributed by atoms with van der Waals surface area (Å²) in [5.74, 6) is 8.11. The fourth-order valence-corrected chi connectivity index (χ4v) is 2.86. The van der Waals surface area contributed by atoms with Gasteiger partial charge in [0, 0.05) is 12.2 Å². The Bertz CT molecular complexity index is 1090. The molecule has 0 atom stereocenters. The molecule has 1 heterocycles. The van der Waals surface area contributed by atoms with Gasteiger partial charge in [0.15, 0.2) is 0 Å². The topological polar surface area (TPSA) is 113 Å². The molecule has 5 N–H and O–H groups in total. The third kappa shape index (κ3) is 3.90. The minimum absolute atomic E-state index is 0.102. The van der Waals surface area contributed by atoms with Crippen molar-refractivity contribution in [2.75, 3.05) is 17.2 Å². The summed E-state index contributed by atoms with van der Waals surface area (Å²) >= 11 is 0. The number of rotatable bonds is 5. The molecule has 1 aromatic heterocycles. The monoisotopic (exact) mass is 360 g/mol. The van der Waals surface area contributed by atoms with Gasteiger partial charge in [-0.3, -0.25) is 9.78 Å². The Morgan fingerprint density at radius 3 is 2.70 bits per heavy atom. The van der Waals surface area contributed by atoms with E-state index in [1.807, 2.05) is 48.2 Å². The fraction of sp³-hybridized carbons (Fsp3) is 0.150. The van der Waals surface area contributed by atoms with E-state index in [4.69, 9.17) is 18.0 Å². The predicted octanol–water partition coefficient (Wildman–Crippen LogP) is 1.83. The number of benzene rings is 2. The number of anilines is 2. The molecule has 7 nitrogen and oxygen atoms in total. The molecular weight excluding hydrogens is 340 g/mol. The third-order valence-electron chi connectivity index (χ3n) is 4.29. The van der Waals surface area contributed by atoms with Crippen LogP contribution in [-0.4, -0.2) is 22.2 Å². The molecule has 3 rings (SSSR count). The first-order valence-corrected chi connectivity index (χ1v) is 8.33. The van der Waals surface area contributed by atoms with Crippen molar-refractivity contribution in [3.8, 4) is 12.3 Å². The van der Waals surface area contributed by atoms with E-state index in [0.717, 1.165) is 22.5 Å². The van der Waals surface area contributed by atoms with Crippen molar-refractivity contribution in [3.63, 3.8) is 0 Å². The maximum absolute atomic E-state index is 12.1. The normalized spacial score (nSPS) is 11.3. The second kappa shape index (κ2) is 7.62. The average molecular weight is 360 g/mol. The molecule has 3 aromatic rings. The van der Waals surface area contributed by atoms with Crippen LogP contribution in [0.25, 0.3) is 10.9 Å². The zero-order chi connectivity index (χ0) is 19.4. The van der Waals surface area contributed by atoms with E-state index in [1.165, 1.54) is 0 Å². The third-order valence-corrected chi connectivity index (χ3v) is 4.29. The van der Waals surface area contributed by atoms with Gasteiger partial charge in [-0.05, 0) is 42.3 Å². The predicted molar refractivity (Wildman–Crippen MR) is 109 cm³/mol. The van der Waals surface area contributed by atoms with E-state index in [-0.39, 0.29) is 11.5 Å². The number of hydrogen-bond donors (Lipinski definition) is 3.